The molecule has 0 spiro atoms. The molecular formula is C13H18N2OS. The molecule has 1 aliphatic rings. The number of primary amides is 1. The van der Waals surface area contributed by atoms with Gasteiger partial charge in [0.2, 0.25) is 5.91 Å². The molecule has 1 heterocycles. The molecule has 3 N–H and O–H groups in total. The fourth-order valence-corrected chi connectivity index (χ4v) is 3.20. The predicted molar refractivity (Wildman–Crippen MR) is 73.5 cm³/mol. The van der Waals surface area contributed by atoms with Crippen LogP contribution in [-0.2, 0) is 0 Å². The molecule has 0 aromatic heterocycles. The molecule has 0 radical (unpaired) electrons. The first-order valence-electron chi connectivity index (χ1n) is 5.95. The topological polar surface area (TPSA) is 55.1 Å². The highest BCUT2D eigenvalue weighted by Crippen LogP contribution is 2.27. The summed E-state index contributed by atoms with van der Waals surface area (Å²) >= 11 is 2.02. The van der Waals surface area contributed by atoms with Crippen molar-refractivity contribution in [1.29, 1.82) is 0 Å². The Labute approximate surface area is 106 Å². The van der Waals surface area contributed by atoms with Crippen molar-refractivity contribution in [3.05, 3.63) is 29.8 Å². The molecule has 2 atom stereocenters. The van der Waals surface area contributed by atoms with Gasteiger partial charge in [-0.1, -0.05) is 6.92 Å². The van der Waals surface area contributed by atoms with Gasteiger partial charge in [-0.3, -0.25) is 4.79 Å². The number of carbonyl (C=O) groups is 1. The number of amides is 1. The number of nitrogens with two attached hydrogens (primary N) is 1. The lowest BCUT2D eigenvalue weighted by Crippen LogP contribution is -2.32. The highest BCUT2D eigenvalue weighted by molar-refractivity contribution is 8.00. The van der Waals surface area contributed by atoms with E-state index in [-0.39, 0.29) is 5.91 Å². The summed E-state index contributed by atoms with van der Waals surface area (Å²) in [7, 11) is 0. The summed E-state index contributed by atoms with van der Waals surface area (Å²) in [4.78, 5) is 11.0. The lowest BCUT2D eigenvalue weighted by Gasteiger charge is -2.30. The van der Waals surface area contributed by atoms with E-state index < -0.39 is 0 Å². The van der Waals surface area contributed by atoms with Gasteiger partial charge in [0, 0.05) is 22.5 Å². The Morgan fingerprint density at radius 2 is 2.12 bits per heavy atom. The summed E-state index contributed by atoms with van der Waals surface area (Å²) in [6, 6.07) is 7.91. The van der Waals surface area contributed by atoms with Crippen LogP contribution in [-0.4, -0.2) is 23.0 Å². The van der Waals surface area contributed by atoms with E-state index in [9.17, 15) is 4.79 Å². The molecule has 0 saturated carbocycles. The lowest BCUT2D eigenvalue weighted by molar-refractivity contribution is 0.100. The molecule has 0 aliphatic carbocycles. The maximum absolute atomic E-state index is 11.0. The first kappa shape index (κ1) is 12.3. The normalized spacial score (nSPS) is 24.3. The summed E-state index contributed by atoms with van der Waals surface area (Å²) < 4.78 is 0. The molecule has 0 bridgehead atoms. The second kappa shape index (κ2) is 5.45. The van der Waals surface area contributed by atoms with Crippen LogP contribution >= 0.6 is 11.8 Å². The van der Waals surface area contributed by atoms with Crippen LogP contribution in [0.25, 0.3) is 0 Å². The average Bonchev–Trinajstić information content (AvgIpc) is 2.33. The minimum atomic E-state index is -0.377. The number of hydrogen-bond donors (Lipinski definition) is 2. The number of hydrogen-bond acceptors (Lipinski definition) is 3. The molecule has 3 nitrogen and oxygen atoms in total. The van der Waals surface area contributed by atoms with Crippen LogP contribution < -0.4 is 11.1 Å². The van der Waals surface area contributed by atoms with Gasteiger partial charge in [-0.15, -0.1) is 0 Å². The van der Waals surface area contributed by atoms with Crippen LogP contribution in [0.3, 0.4) is 0 Å². The summed E-state index contributed by atoms with van der Waals surface area (Å²) in [6.45, 7) is 2.26. The third-order valence-electron chi connectivity index (χ3n) is 3.13. The lowest BCUT2D eigenvalue weighted by atomic mass is 10.1. The van der Waals surface area contributed by atoms with Gasteiger partial charge in [-0.05, 0) is 42.9 Å². The van der Waals surface area contributed by atoms with E-state index in [0.717, 1.165) is 5.69 Å². The van der Waals surface area contributed by atoms with Gasteiger partial charge < -0.3 is 11.1 Å². The van der Waals surface area contributed by atoms with Gasteiger partial charge in [0.1, 0.15) is 0 Å². The molecule has 1 fully saturated rings. The predicted octanol–water partition coefficient (Wildman–Crippen LogP) is 2.48. The van der Waals surface area contributed by atoms with E-state index >= 15 is 0 Å². The summed E-state index contributed by atoms with van der Waals surface area (Å²) in [6.07, 6.45) is 2.48. The van der Waals surface area contributed by atoms with E-state index in [2.05, 4.69) is 12.2 Å². The van der Waals surface area contributed by atoms with E-state index in [1.54, 1.807) is 12.1 Å². The number of benzene rings is 1. The van der Waals surface area contributed by atoms with Crippen molar-refractivity contribution >= 4 is 23.4 Å². The molecule has 1 aliphatic heterocycles. The zero-order chi connectivity index (χ0) is 12.3. The fourth-order valence-electron chi connectivity index (χ4n) is 2.06. The maximum Gasteiger partial charge on any atom is 0.248 e. The van der Waals surface area contributed by atoms with Crippen LogP contribution in [0.5, 0.6) is 0 Å². The highest BCUT2D eigenvalue weighted by Gasteiger charge is 2.21. The largest absolute Gasteiger partial charge is 0.381 e. The molecule has 1 saturated heterocycles. The van der Waals surface area contributed by atoms with Gasteiger partial charge in [-0.2, -0.15) is 11.8 Å². The van der Waals surface area contributed by atoms with E-state index in [4.69, 9.17) is 5.73 Å². The Hall–Kier alpha value is -1.16. The third kappa shape index (κ3) is 3.16. The number of nitrogens with one attached hydrogen (secondary N) is 1. The number of carbonyl (C=O) groups excluding carboxylic acids is 1. The van der Waals surface area contributed by atoms with Crippen LogP contribution in [0.15, 0.2) is 24.3 Å². The van der Waals surface area contributed by atoms with Crippen LogP contribution in [0.4, 0.5) is 5.69 Å². The van der Waals surface area contributed by atoms with E-state index in [1.165, 1.54) is 18.6 Å². The number of rotatable bonds is 3. The van der Waals surface area contributed by atoms with Crippen molar-refractivity contribution in [3.8, 4) is 0 Å². The van der Waals surface area contributed by atoms with E-state index in [0.29, 0.717) is 16.9 Å². The number of anilines is 1. The van der Waals surface area contributed by atoms with Gasteiger partial charge in [0.15, 0.2) is 0 Å². The minimum Gasteiger partial charge on any atom is -0.381 e. The van der Waals surface area contributed by atoms with Crippen molar-refractivity contribution < 1.29 is 4.79 Å². The third-order valence-corrected chi connectivity index (χ3v) is 4.51. The van der Waals surface area contributed by atoms with Crippen LogP contribution in [0.1, 0.15) is 30.1 Å². The van der Waals surface area contributed by atoms with Crippen LogP contribution in [0.2, 0.25) is 0 Å². The second-order valence-electron chi connectivity index (χ2n) is 4.41. The Kier molecular flexibility index (Phi) is 3.94. The van der Waals surface area contributed by atoms with Gasteiger partial charge in [-0.25, -0.2) is 0 Å². The van der Waals surface area contributed by atoms with Gasteiger partial charge >= 0.3 is 0 Å². The Morgan fingerprint density at radius 1 is 1.41 bits per heavy atom. The Balaban J connectivity index is 2.00. The summed E-state index contributed by atoms with van der Waals surface area (Å²) in [5.74, 6) is 0.887. The van der Waals surface area contributed by atoms with Crippen molar-refractivity contribution in [2.45, 2.75) is 31.1 Å². The number of thioether (sulfide) groups is 1. The second-order valence-corrected chi connectivity index (χ2v) is 5.90. The quantitative estimate of drug-likeness (QED) is 0.866. The SMILES string of the molecule is CC1SCCCC1Nc1ccc(C(N)=O)cc1. The molecule has 2 unspecified atom stereocenters. The molecule has 1 amide bonds. The molecule has 4 heteroatoms. The van der Waals surface area contributed by atoms with Crippen molar-refractivity contribution in [2.75, 3.05) is 11.1 Å². The Morgan fingerprint density at radius 3 is 2.71 bits per heavy atom. The Bertz CT molecular complexity index is 391. The van der Waals surface area contributed by atoms with Crippen molar-refractivity contribution in [1.82, 2.24) is 0 Å². The maximum atomic E-state index is 11.0. The summed E-state index contributed by atoms with van der Waals surface area (Å²) in [5.41, 5.74) is 6.83. The molecule has 1 aromatic rings. The average molecular weight is 250 g/mol. The molecule has 92 valence electrons. The standard InChI is InChI=1S/C13H18N2OS/c1-9-12(3-2-8-17-9)15-11-6-4-10(5-7-11)13(14)16/h4-7,9,12,15H,2-3,8H2,1H3,(H2,14,16). The van der Waals surface area contributed by atoms with Gasteiger partial charge in [0.25, 0.3) is 0 Å². The van der Waals surface area contributed by atoms with Crippen molar-refractivity contribution in [2.24, 2.45) is 5.73 Å². The zero-order valence-electron chi connectivity index (χ0n) is 9.98. The molecule has 17 heavy (non-hydrogen) atoms. The molecule has 2 rings (SSSR count). The first-order chi connectivity index (χ1) is 8.16. The first-order valence-corrected chi connectivity index (χ1v) is 6.99. The zero-order valence-corrected chi connectivity index (χ0v) is 10.8. The van der Waals surface area contributed by atoms with E-state index in [1.807, 2.05) is 23.9 Å². The summed E-state index contributed by atoms with van der Waals surface area (Å²) in [5, 5.41) is 4.16. The van der Waals surface area contributed by atoms with Gasteiger partial charge in [0.05, 0.1) is 0 Å². The minimum absolute atomic E-state index is 0.377. The highest BCUT2D eigenvalue weighted by atomic mass is 32.2. The van der Waals surface area contributed by atoms with Crippen LogP contribution in [0, 0.1) is 0 Å². The molecule has 1 aromatic carbocycles. The monoisotopic (exact) mass is 250 g/mol. The fraction of sp³-hybridized carbons (Fsp3) is 0.462. The van der Waals surface area contributed by atoms with Crippen molar-refractivity contribution in [3.63, 3.8) is 0 Å². The molecular weight excluding hydrogens is 232 g/mol. The smallest absolute Gasteiger partial charge is 0.248 e.